The molecule has 17 heavy (non-hydrogen) atoms. The minimum Gasteiger partial charge on any atom is -0.329 e. The molecule has 1 rings (SSSR count). The van der Waals surface area contributed by atoms with Crippen LogP contribution in [0.3, 0.4) is 0 Å². The second-order valence-electron chi connectivity index (χ2n) is 5.78. The van der Waals surface area contributed by atoms with Crippen molar-refractivity contribution in [3.63, 3.8) is 0 Å². The number of hydrogen-bond donors (Lipinski definition) is 1. The minimum atomic E-state index is 0.272. The molecule has 0 spiro atoms. The zero-order chi connectivity index (χ0) is 12.9. The van der Waals surface area contributed by atoms with Crippen molar-refractivity contribution < 1.29 is 0 Å². The van der Waals surface area contributed by atoms with E-state index in [2.05, 4.69) is 37.7 Å². The van der Waals surface area contributed by atoms with Gasteiger partial charge < -0.3 is 10.6 Å². The van der Waals surface area contributed by atoms with E-state index in [1.54, 1.807) is 0 Å². The molecule has 0 amide bonds. The molecule has 0 radical (unpaired) electrons. The van der Waals surface area contributed by atoms with Gasteiger partial charge in [-0.05, 0) is 33.4 Å². The third-order valence-corrected chi connectivity index (χ3v) is 4.38. The molecular weight excluding hydrogens is 210 g/mol. The Morgan fingerprint density at radius 1 is 1.24 bits per heavy atom. The Hall–Kier alpha value is -0.120. The first-order valence-corrected chi connectivity index (χ1v) is 7.21. The Morgan fingerprint density at radius 3 is 2.18 bits per heavy atom. The molecule has 1 saturated heterocycles. The second kappa shape index (κ2) is 6.72. The third-order valence-electron chi connectivity index (χ3n) is 4.38. The summed E-state index contributed by atoms with van der Waals surface area (Å²) in [4.78, 5) is 5.03. The van der Waals surface area contributed by atoms with Crippen molar-refractivity contribution in [3.05, 3.63) is 0 Å². The SMILES string of the molecule is CCCC(CN)(CCC)N1CCC(N(C)C)C1. The van der Waals surface area contributed by atoms with Crippen molar-refractivity contribution in [3.8, 4) is 0 Å². The lowest BCUT2D eigenvalue weighted by atomic mass is 9.87. The summed E-state index contributed by atoms with van der Waals surface area (Å²) in [6, 6.07) is 0.717. The predicted octanol–water partition coefficient (Wildman–Crippen LogP) is 1.92. The standard InChI is InChI=1S/C14H31N3/c1-5-8-14(12-15,9-6-2)17-10-7-13(11-17)16(3)4/h13H,5-12,15H2,1-4H3. The van der Waals surface area contributed by atoms with Gasteiger partial charge in [0.15, 0.2) is 0 Å². The van der Waals surface area contributed by atoms with Crippen molar-refractivity contribution in [1.82, 2.24) is 9.80 Å². The Labute approximate surface area is 107 Å². The first-order chi connectivity index (χ1) is 8.09. The average Bonchev–Trinajstić information content (AvgIpc) is 2.78. The summed E-state index contributed by atoms with van der Waals surface area (Å²) in [7, 11) is 4.38. The van der Waals surface area contributed by atoms with Crippen molar-refractivity contribution >= 4 is 0 Å². The van der Waals surface area contributed by atoms with Crippen LogP contribution in [0.15, 0.2) is 0 Å². The van der Waals surface area contributed by atoms with Gasteiger partial charge in [0.05, 0.1) is 0 Å². The minimum absolute atomic E-state index is 0.272. The predicted molar refractivity (Wildman–Crippen MR) is 75.3 cm³/mol. The summed E-state index contributed by atoms with van der Waals surface area (Å²) in [6.45, 7) is 7.79. The fraction of sp³-hybridized carbons (Fsp3) is 1.00. The lowest BCUT2D eigenvalue weighted by Gasteiger charge is -2.42. The smallest absolute Gasteiger partial charge is 0.0332 e. The molecule has 0 bridgehead atoms. The summed E-state index contributed by atoms with van der Waals surface area (Å²) in [6.07, 6.45) is 6.26. The fourth-order valence-corrected chi connectivity index (χ4v) is 3.30. The third kappa shape index (κ3) is 3.43. The van der Waals surface area contributed by atoms with Gasteiger partial charge in [0.2, 0.25) is 0 Å². The Bertz CT molecular complexity index is 210. The van der Waals surface area contributed by atoms with Crippen LogP contribution in [0.2, 0.25) is 0 Å². The maximum absolute atomic E-state index is 6.13. The van der Waals surface area contributed by atoms with E-state index in [9.17, 15) is 0 Å². The molecule has 1 aliphatic heterocycles. The van der Waals surface area contributed by atoms with Gasteiger partial charge in [-0.3, -0.25) is 4.90 Å². The van der Waals surface area contributed by atoms with Gasteiger partial charge in [-0.1, -0.05) is 26.7 Å². The van der Waals surface area contributed by atoms with E-state index < -0.39 is 0 Å². The molecule has 1 fully saturated rings. The zero-order valence-corrected chi connectivity index (χ0v) is 12.2. The van der Waals surface area contributed by atoms with E-state index in [1.165, 1.54) is 45.2 Å². The number of likely N-dealkylation sites (N-methyl/N-ethyl adjacent to an activating group) is 1. The fourth-order valence-electron chi connectivity index (χ4n) is 3.30. The maximum Gasteiger partial charge on any atom is 0.0332 e. The molecule has 1 heterocycles. The molecule has 0 aromatic carbocycles. The first-order valence-electron chi connectivity index (χ1n) is 7.21. The zero-order valence-electron chi connectivity index (χ0n) is 12.2. The van der Waals surface area contributed by atoms with Gasteiger partial charge in [0.25, 0.3) is 0 Å². The molecule has 0 aromatic heterocycles. The van der Waals surface area contributed by atoms with Gasteiger partial charge in [-0.15, -0.1) is 0 Å². The summed E-state index contributed by atoms with van der Waals surface area (Å²) in [5, 5.41) is 0. The van der Waals surface area contributed by atoms with Gasteiger partial charge in [-0.2, -0.15) is 0 Å². The van der Waals surface area contributed by atoms with E-state index >= 15 is 0 Å². The highest BCUT2D eigenvalue weighted by atomic mass is 15.3. The molecule has 0 saturated carbocycles. The van der Waals surface area contributed by atoms with Gasteiger partial charge >= 0.3 is 0 Å². The van der Waals surface area contributed by atoms with Crippen molar-refractivity contribution in [2.24, 2.45) is 5.73 Å². The highest BCUT2D eigenvalue weighted by Gasteiger charge is 2.38. The van der Waals surface area contributed by atoms with Crippen LogP contribution in [0, 0.1) is 0 Å². The lowest BCUT2D eigenvalue weighted by Crippen LogP contribution is -2.53. The maximum atomic E-state index is 6.13. The Balaban J connectivity index is 2.70. The van der Waals surface area contributed by atoms with Gasteiger partial charge in [-0.25, -0.2) is 0 Å². The highest BCUT2D eigenvalue weighted by molar-refractivity contribution is 4.96. The quantitative estimate of drug-likeness (QED) is 0.739. The summed E-state index contributed by atoms with van der Waals surface area (Å²) >= 11 is 0. The second-order valence-corrected chi connectivity index (χ2v) is 5.78. The van der Waals surface area contributed by atoms with Crippen molar-refractivity contribution in [2.75, 3.05) is 33.7 Å². The first kappa shape index (κ1) is 14.9. The van der Waals surface area contributed by atoms with E-state index in [0.29, 0.717) is 0 Å². The topological polar surface area (TPSA) is 32.5 Å². The molecule has 3 heteroatoms. The van der Waals surface area contributed by atoms with Crippen LogP contribution in [0.1, 0.15) is 46.0 Å². The van der Waals surface area contributed by atoms with Gasteiger partial charge in [0, 0.05) is 31.2 Å². The van der Waals surface area contributed by atoms with Crippen LogP contribution in [-0.2, 0) is 0 Å². The van der Waals surface area contributed by atoms with Crippen LogP contribution in [0.4, 0.5) is 0 Å². The molecule has 1 unspecified atom stereocenters. The highest BCUT2D eigenvalue weighted by Crippen LogP contribution is 2.30. The molecule has 102 valence electrons. The Morgan fingerprint density at radius 2 is 1.82 bits per heavy atom. The normalized spacial score (nSPS) is 22.6. The molecule has 0 aliphatic carbocycles. The number of hydrogen-bond acceptors (Lipinski definition) is 3. The van der Waals surface area contributed by atoms with Crippen LogP contribution in [0.25, 0.3) is 0 Å². The lowest BCUT2D eigenvalue weighted by molar-refractivity contribution is 0.0931. The van der Waals surface area contributed by atoms with E-state index in [1.807, 2.05) is 0 Å². The van der Waals surface area contributed by atoms with Crippen molar-refractivity contribution in [2.45, 2.75) is 57.5 Å². The summed E-state index contributed by atoms with van der Waals surface area (Å²) in [5.41, 5.74) is 6.40. The number of nitrogens with two attached hydrogens (primary N) is 1. The van der Waals surface area contributed by atoms with Crippen molar-refractivity contribution in [1.29, 1.82) is 0 Å². The largest absolute Gasteiger partial charge is 0.329 e. The van der Waals surface area contributed by atoms with Gasteiger partial charge in [0.1, 0.15) is 0 Å². The van der Waals surface area contributed by atoms with Crippen LogP contribution >= 0.6 is 0 Å². The average molecular weight is 241 g/mol. The number of nitrogens with zero attached hydrogens (tertiary/aromatic N) is 2. The van der Waals surface area contributed by atoms with Crippen LogP contribution < -0.4 is 5.73 Å². The molecule has 2 N–H and O–H groups in total. The molecule has 1 atom stereocenters. The summed E-state index contributed by atoms with van der Waals surface area (Å²) in [5.74, 6) is 0. The number of likely N-dealkylation sites (tertiary alicyclic amines) is 1. The van der Waals surface area contributed by atoms with Crippen LogP contribution in [-0.4, -0.2) is 55.1 Å². The van der Waals surface area contributed by atoms with E-state index in [4.69, 9.17) is 5.73 Å². The number of rotatable bonds is 7. The molecule has 0 aromatic rings. The van der Waals surface area contributed by atoms with Crippen LogP contribution in [0.5, 0.6) is 0 Å². The molecule has 1 aliphatic rings. The van der Waals surface area contributed by atoms with E-state index in [-0.39, 0.29) is 5.54 Å². The van der Waals surface area contributed by atoms with E-state index in [0.717, 1.165) is 12.6 Å². The molecule has 3 nitrogen and oxygen atoms in total. The molecular formula is C14H31N3. The summed E-state index contributed by atoms with van der Waals surface area (Å²) < 4.78 is 0. The Kier molecular flexibility index (Phi) is 5.90. The monoisotopic (exact) mass is 241 g/mol.